The number of aromatic amines is 1. The fourth-order valence-electron chi connectivity index (χ4n) is 2.74. The van der Waals surface area contributed by atoms with Crippen LogP contribution >= 0.6 is 0 Å². The standard InChI is InChI=1S/C16H21N5O3/c1-3-4-12(16(23)24)13(14-18-20-21-19-14)9-10-5-7-11(8-6-10)15(22)17-2/h5-8,12-13H,3-4,9H2,1-2H3,(H,17,22)(H,23,24)(H,18,19,20,21)/t12-,13-/m0/s1. The minimum Gasteiger partial charge on any atom is -0.481 e. The van der Waals surface area contributed by atoms with Crippen molar-refractivity contribution in [1.29, 1.82) is 0 Å². The van der Waals surface area contributed by atoms with Crippen LogP contribution in [0.4, 0.5) is 0 Å². The van der Waals surface area contributed by atoms with Crippen LogP contribution in [-0.2, 0) is 11.2 Å². The molecule has 128 valence electrons. The van der Waals surface area contributed by atoms with Crippen LogP contribution in [0.1, 0.15) is 47.4 Å². The smallest absolute Gasteiger partial charge is 0.307 e. The predicted molar refractivity (Wildman–Crippen MR) is 86.5 cm³/mol. The number of nitrogens with zero attached hydrogens (tertiary/aromatic N) is 3. The summed E-state index contributed by atoms with van der Waals surface area (Å²) in [7, 11) is 1.57. The molecule has 0 unspecified atom stereocenters. The molecule has 0 bridgehead atoms. The van der Waals surface area contributed by atoms with Crippen molar-refractivity contribution >= 4 is 11.9 Å². The van der Waals surface area contributed by atoms with Gasteiger partial charge in [0.1, 0.15) is 0 Å². The second-order valence-electron chi connectivity index (χ2n) is 5.59. The molecule has 2 aromatic rings. The number of aromatic nitrogens is 4. The quantitative estimate of drug-likeness (QED) is 0.672. The molecule has 0 aliphatic rings. The van der Waals surface area contributed by atoms with Crippen LogP contribution in [0.15, 0.2) is 24.3 Å². The second kappa shape index (κ2) is 8.19. The lowest BCUT2D eigenvalue weighted by Crippen LogP contribution is -2.25. The molecule has 1 aromatic heterocycles. The van der Waals surface area contributed by atoms with Gasteiger partial charge in [-0.2, -0.15) is 5.21 Å². The molecule has 1 aromatic carbocycles. The molecule has 0 aliphatic heterocycles. The number of H-pyrrole nitrogens is 1. The number of rotatable bonds is 8. The number of carboxylic acids is 1. The summed E-state index contributed by atoms with van der Waals surface area (Å²) in [5.74, 6) is -1.61. The van der Waals surface area contributed by atoms with Crippen LogP contribution in [0.2, 0.25) is 0 Å². The number of nitrogens with one attached hydrogen (secondary N) is 2. The van der Waals surface area contributed by atoms with Gasteiger partial charge in [0.25, 0.3) is 5.91 Å². The molecule has 8 nitrogen and oxygen atoms in total. The first-order valence-corrected chi connectivity index (χ1v) is 7.84. The largest absolute Gasteiger partial charge is 0.481 e. The molecule has 1 amide bonds. The van der Waals surface area contributed by atoms with Crippen LogP contribution in [0.3, 0.4) is 0 Å². The van der Waals surface area contributed by atoms with Gasteiger partial charge in [-0.3, -0.25) is 9.59 Å². The molecule has 0 fully saturated rings. The summed E-state index contributed by atoms with van der Waals surface area (Å²) >= 11 is 0. The van der Waals surface area contributed by atoms with Crippen LogP contribution < -0.4 is 5.32 Å². The summed E-state index contributed by atoms with van der Waals surface area (Å²) in [5.41, 5.74) is 1.47. The minimum absolute atomic E-state index is 0.161. The first-order valence-electron chi connectivity index (χ1n) is 7.84. The maximum absolute atomic E-state index is 11.7. The van der Waals surface area contributed by atoms with E-state index in [0.29, 0.717) is 24.2 Å². The highest BCUT2D eigenvalue weighted by Gasteiger charge is 2.31. The van der Waals surface area contributed by atoms with E-state index in [0.717, 1.165) is 12.0 Å². The Morgan fingerprint density at radius 2 is 2.00 bits per heavy atom. The predicted octanol–water partition coefficient (Wildman–Crippen LogP) is 1.39. The molecular formula is C16H21N5O3. The molecule has 2 atom stereocenters. The van der Waals surface area contributed by atoms with Crippen molar-refractivity contribution in [3.05, 3.63) is 41.2 Å². The number of aliphatic carboxylic acids is 1. The third-order valence-corrected chi connectivity index (χ3v) is 3.99. The third kappa shape index (κ3) is 4.15. The average Bonchev–Trinajstić information content (AvgIpc) is 3.12. The zero-order valence-electron chi connectivity index (χ0n) is 13.7. The maximum atomic E-state index is 11.7. The molecule has 3 N–H and O–H groups in total. The number of carbonyl (C=O) groups is 2. The average molecular weight is 331 g/mol. The lowest BCUT2D eigenvalue weighted by molar-refractivity contribution is -0.142. The van der Waals surface area contributed by atoms with E-state index in [4.69, 9.17) is 0 Å². The van der Waals surface area contributed by atoms with Crippen molar-refractivity contribution in [3.63, 3.8) is 0 Å². The Labute approximate surface area is 139 Å². The number of hydrogen-bond donors (Lipinski definition) is 3. The molecule has 0 radical (unpaired) electrons. The lowest BCUT2D eigenvalue weighted by Gasteiger charge is -2.21. The molecule has 8 heteroatoms. The second-order valence-corrected chi connectivity index (χ2v) is 5.59. The van der Waals surface area contributed by atoms with E-state index in [1.54, 1.807) is 19.2 Å². The van der Waals surface area contributed by atoms with E-state index in [2.05, 4.69) is 25.9 Å². The normalized spacial score (nSPS) is 13.2. The van der Waals surface area contributed by atoms with Gasteiger partial charge < -0.3 is 10.4 Å². The highest BCUT2D eigenvalue weighted by atomic mass is 16.4. The summed E-state index contributed by atoms with van der Waals surface area (Å²) < 4.78 is 0. The van der Waals surface area contributed by atoms with Gasteiger partial charge in [0.15, 0.2) is 5.82 Å². The van der Waals surface area contributed by atoms with Gasteiger partial charge in [0.2, 0.25) is 0 Å². The molecule has 0 saturated heterocycles. The van der Waals surface area contributed by atoms with Crippen molar-refractivity contribution in [3.8, 4) is 0 Å². The summed E-state index contributed by atoms with van der Waals surface area (Å²) in [4.78, 5) is 23.3. The van der Waals surface area contributed by atoms with E-state index in [-0.39, 0.29) is 11.8 Å². The van der Waals surface area contributed by atoms with Crippen LogP contribution in [-0.4, -0.2) is 44.7 Å². The van der Waals surface area contributed by atoms with E-state index in [1.165, 1.54) is 0 Å². The summed E-state index contributed by atoms with van der Waals surface area (Å²) in [6.07, 6.45) is 1.75. The van der Waals surface area contributed by atoms with E-state index in [1.807, 2.05) is 19.1 Å². The van der Waals surface area contributed by atoms with E-state index >= 15 is 0 Å². The third-order valence-electron chi connectivity index (χ3n) is 3.99. The van der Waals surface area contributed by atoms with Gasteiger partial charge in [-0.25, -0.2) is 0 Å². The van der Waals surface area contributed by atoms with Gasteiger partial charge in [-0.05, 0) is 30.5 Å². The van der Waals surface area contributed by atoms with Crippen molar-refractivity contribution < 1.29 is 14.7 Å². The van der Waals surface area contributed by atoms with Gasteiger partial charge >= 0.3 is 5.97 Å². The molecule has 2 rings (SSSR count). The SMILES string of the molecule is CCC[C@H](C(=O)O)[C@H](Cc1ccc(C(=O)NC)cc1)c1nn[nH]n1. The Morgan fingerprint density at radius 1 is 1.29 bits per heavy atom. The van der Waals surface area contributed by atoms with Crippen LogP contribution in [0.5, 0.6) is 0 Å². The zero-order chi connectivity index (χ0) is 17.5. The number of carboxylic acid groups (broad SMARTS) is 1. The molecule has 24 heavy (non-hydrogen) atoms. The van der Waals surface area contributed by atoms with Gasteiger partial charge in [-0.1, -0.05) is 30.7 Å². The fraction of sp³-hybridized carbons (Fsp3) is 0.438. The number of carbonyl (C=O) groups excluding carboxylic acids is 1. The molecule has 0 aliphatic carbocycles. The number of benzene rings is 1. The summed E-state index contributed by atoms with van der Waals surface area (Å²) in [5, 5.41) is 26.0. The molecule has 0 spiro atoms. The highest BCUT2D eigenvalue weighted by molar-refractivity contribution is 5.93. The Kier molecular flexibility index (Phi) is 6.00. The molecular weight excluding hydrogens is 310 g/mol. The van der Waals surface area contributed by atoms with E-state index in [9.17, 15) is 14.7 Å². The first-order chi connectivity index (χ1) is 11.6. The maximum Gasteiger partial charge on any atom is 0.307 e. The minimum atomic E-state index is -0.867. The monoisotopic (exact) mass is 331 g/mol. The Bertz CT molecular complexity index is 670. The Balaban J connectivity index is 2.25. The summed E-state index contributed by atoms with van der Waals surface area (Å²) in [6, 6.07) is 7.08. The van der Waals surface area contributed by atoms with Gasteiger partial charge in [0.05, 0.1) is 5.92 Å². The van der Waals surface area contributed by atoms with Crippen molar-refractivity contribution in [1.82, 2.24) is 25.9 Å². The Morgan fingerprint density at radius 3 is 2.50 bits per heavy atom. The summed E-state index contributed by atoms with van der Waals surface area (Å²) in [6.45, 7) is 1.95. The van der Waals surface area contributed by atoms with E-state index < -0.39 is 11.9 Å². The molecule has 0 saturated carbocycles. The topological polar surface area (TPSA) is 121 Å². The molecule has 1 heterocycles. The lowest BCUT2D eigenvalue weighted by atomic mass is 9.83. The first kappa shape index (κ1) is 17.6. The van der Waals surface area contributed by atoms with Gasteiger partial charge in [-0.15, -0.1) is 10.2 Å². The van der Waals surface area contributed by atoms with Crippen molar-refractivity contribution in [2.45, 2.75) is 32.1 Å². The zero-order valence-corrected chi connectivity index (χ0v) is 13.7. The van der Waals surface area contributed by atoms with Crippen molar-refractivity contribution in [2.75, 3.05) is 7.05 Å². The van der Waals surface area contributed by atoms with Crippen LogP contribution in [0.25, 0.3) is 0 Å². The highest BCUT2D eigenvalue weighted by Crippen LogP contribution is 2.29. The fourth-order valence-corrected chi connectivity index (χ4v) is 2.74. The Hall–Kier alpha value is -2.77. The van der Waals surface area contributed by atoms with Crippen LogP contribution in [0, 0.1) is 5.92 Å². The number of hydrogen-bond acceptors (Lipinski definition) is 5. The van der Waals surface area contributed by atoms with Crippen molar-refractivity contribution in [2.24, 2.45) is 5.92 Å². The number of amides is 1. The number of tetrazole rings is 1. The van der Waals surface area contributed by atoms with Gasteiger partial charge in [0, 0.05) is 18.5 Å².